The largest absolute Gasteiger partial charge is 0.497 e. The molecule has 24 heavy (non-hydrogen) atoms. The van der Waals surface area contributed by atoms with Crippen LogP contribution in [0.2, 0.25) is 0 Å². The zero-order chi connectivity index (χ0) is 17.4. The molecule has 0 saturated heterocycles. The quantitative estimate of drug-likeness (QED) is 0.822. The van der Waals surface area contributed by atoms with E-state index in [2.05, 4.69) is 5.32 Å². The lowest BCUT2D eigenvalue weighted by Gasteiger charge is -2.07. The second-order valence-corrected chi connectivity index (χ2v) is 4.88. The van der Waals surface area contributed by atoms with E-state index in [1.54, 1.807) is 48.5 Å². The number of nitriles is 1. The first-order valence-corrected chi connectivity index (χ1v) is 7.19. The molecule has 0 unspecified atom stereocenters. The molecule has 0 aliphatic carbocycles. The summed E-state index contributed by atoms with van der Waals surface area (Å²) < 4.78 is 10.1. The number of amides is 1. The maximum absolute atomic E-state index is 11.9. The molecule has 122 valence electrons. The maximum Gasteiger partial charge on any atom is 0.325 e. The second kappa shape index (κ2) is 8.34. The third-order valence-corrected chi connectivity index (χ3v) is 3.20. The van der Waals surface area contributed by atoms with E-state index < -0.39 is 5.97 Å². The summed E-state index contributed by atoms with van der Waals surface area (Å²) in [5.74, 6) is -0.286. The van der Waals surface area contributed by atoms with Gasteiger partial charge in [0.1, 0.15) is 18.9 Å². The van der Waals surface area contributed by atoms with E-state index >= 15 is 0 Å². The van der Waals surface area contributed by atoms with Crippen molar-refractivity contribution in [2.45, 2.75) is 6.61 Å². The Morgan fingerprint density at radius 2 is 1.92 bits per heavy atom. The lowest BCUT2D eigenvalue weighted by Crippen LogP contribution is -2.30. The Bertz CT molecular complexity index is 763. The number of benzene rings is 2. The molecule has 6 heteroatoms. The monoisotopic (exact) mass is 324 g/mol. The highest BCUT2D eigenvalue weighted by Crippen LogP contribution is 2.11. The van der Waals surface area contributed by atoms with E-state index in [0.717, 1.165) is 0 Å². The fourth-order valence-corrected chi connectivity index (χ4v) is 1.94. The van der Waals surface area contributed by atoms with E-state index in [9.17, 15) is 9.59 Å². The fraction of sp³-hybridized carbons (Fsp3) is 0.167. The Kier molecular flexibility index (Phi) is 5.92. The van der Waals surface area contributed by atoms with Crippen LogP contribution in [0, 0.1) is 11.3 Å². The number of hydrogen-bond donors (Lipinski definition) is 1. The van der Waals surface area contributed by atoms with Gasteiger partial charge >= 0.3 is 5.97 Å². The minimum Gasteiger partial charge on any atom is -0.497 e. The first kappa shape index (κ1) is 17.0. The minimum atomic E-state index is -0.556. The molecule has 1 amide bonds. The van der Waals surface area contributed by atoms with Gasteiger partial charge in [-0.1, -0.05) is 12.1 Å². The van der Waals surface area contributed by atoms with Crippen LogP contribution in [0.5, 0.6) is 5.75 Å². The molecular weight excluding hydrogens is 308 g/mol. The van der Waals surface area contributed by atoms with Crippen LogP contribution in [-0.4, -0.2) is 25.5 Å². The van der Waals surface area contributed by atoms with Crippen molar-refractivity contribution in [3.05, 3.63) is 65.2 Å². The van der Waals surface area contributed by atoms with Crippen molar-refractivity contribution < 1.29 is 19.1 Å². The second-order valence-electron chi connectivity index (χ2n) is 4.88. The number of rotatable bonds is 6. The van der Waals surface area contributed by atoms with Crippen molar-refractivity contribution in [1.82, 2.24) is 5.32 Å². The molecule has 2 aromatic rings. The number of methoxy groups -OCH3 is 1. The summed E-state index contributed by atoms with van der Waals surface area (Å²) in [6.45, 7) is -0.185. The van der Waals surface area contributed by atoms with Gasteiger partial charge in [-0.15, -0.1) is 0 Å². The molecule has 0 aliphatic rings. The number of nitrogens with one attached hydrogen (secondary N) is 1. The molecule has 0 aliphatic heterocycles. The Labute approximate surface area is 139 Å². The number of esters is 1. The van der Waals surface area contributed by atoms with Crippen LogP contribution >= 0.6 is 0 Å². The van der Waals surface area contributed by atoms with Gasteiger partial charge in [0.2, 0.25) is 0 Å². The van der Waals surface area contributed by atoms with E-state index in [0.29, 0.717) is 22.4 Å². The van der Waals surface area contributed by atoms with Gasteiger partial charge in [-0.3, -0.25) is 9.59 Å². The zero-order valence-electron chi connectivity index (χ0n) is 13.1. The lowest BCUT2D eigenvalue weighted by atomic mass is 10.1. The summed E-state index contributed by atoms with van der Waals surface area (Å²) in [6, 6.07) is 15.3. The average molecular weight is 324 g/mol. The molecule has 0 radical (unpaired) electrons. The highest BCUT2D eigenvalue weighted by Gasteiger charge is 2.09. The van der Waals surface area contributed by atoms with Gasteiger partial charge in [0.25, 0.3) is 5.91 Å². The van der Waals surface area contributed by atoms with Gasteiger partial charge < -0.3 is 14.8 Å². The Balaban J connectivity index is 1.79. The molecule has 2 rings (SSSR count). The summed E-state index contributed by atoms with van der Waals surface area (Å²) in [6.07, 6.45) is 0. The third kappa shape index (κ3) is 4.85. The molecule has 0 heterocycles. The number of carbonyl (C=O) groups excluding carboxylic acids is 2. The van der Waals surface area contributed by atoms with E-state index in [-0.39, 0.29) is 19.1 Å². The van der Waals surface area contributed by atoms with Crippen molar-refractivity contribution in [3.63, 3.8) is 0 Å². The average Bonchev–Trinajstić information content (AvgIpc) is 2.64. The van der Waals surface area contributed by atoms with Crippen molar-refractivity contribution >= 4 is 11.9 Å². The predicted octanol–water partition coefficient (Wildman–Crippen LogP) is 2.04. The van der Waals surface area contributed by atoms with Crippen LogP contribution < -0.4 is 10.1 Å². The Morgan fingerprint density at radius 3 is 2.58 bits per heavy atom. The van der Waals surface area contributed by atoms with Crippen molar-refractivity contribution in [2.24, 2.45) is 0 Å². The Hall–Kier alpha value is -3.33. The van der Waals surface area contributed by atoms with Crippen LogP contribution in [0.3, 0.4) is 0 Å². The third-order valence-electron chi connectivity index (χ3n) is 3.20. The SMILES string of the molecule is COc1ccc(C(=O)NCC(=O)OCc2cccc(C#N)c2)cc1. The number of hydrogen-bond acceptors (Lipinski definition) is 5. The molecule has 2 aromatic carbocycles. The fourth-order valence-electron chi connectivity index (χ4n) is 1.94. The lowest BCUT2D eigenvalue weighted by molar-refractivity contribution is -0.143. The summed E-state index contributed by atoms with van der Waals surface area (Å²) >= 11 is 0. The van der Waals surface area contributed by atoms with Crippen molar-refractivity contribution in [2.75, 3.05) is 13.7 Å². The molecular formula is C18H16N2O4. The van der Waals surface area contributed by atoms with Gasteiger partial charge in [-0.2, -0.15) is 5.26 Å². The number of carbonyl (C=O) groups is 2. The normalized spacial score (nSPS) is 9.67. The molecule has 1 N–H and O–H groups in total. The molecule has 0 spiro atoms. The highest BCUT2D eigenvalue weighted by molar-refractivity contribution is 5.96. The van der Waals surface area contributed by atoms with Gasteiger partial charge in [-0.05, 0) is 42.0 Å². The van der Waals surface area contributed by atoms with E-state index in [4.69, 9.17) is 14.7 Å². The van der Waals surface area contributed by atoms with Crippen molar-refractivity contribution in [1.29, 1.82) is 5.26 Å². The zero-order valence-corrected chi connectivity index (χ0v) is 13.1. The number of ether oxygens (including phenoxy) is 2. The first-order valence-electron chi connectivity index (χ1n) is 7.19. The molecule has 0 bridgehead atoms. The topological polar surface area (TPSA) is 88.4 Å². The molecule has 6 nitrogen and oxygen atoms in total. The summed E-state index contributed by atoms with van der Waals surface area (Å²) in [4.78, 5) is 23.6. The minimum absolute atomic E-state index is 0.0484. The van der Waals surface area contributed by atoms with Crippen LogP contribution in [0.25, 0.3) is 0 Å². The van der Waals surface area contributed by atoms with Gasteiger partial charge in [0.05, 0.1) is 18.7 Å². The van der Waals surface area contributed by atoms with E-state index in [1.165, 1.54) is 7.11 Å². The van der Waals surface area contributed by atoms with Crippen molar-refractivity contribution in [3.8, 4) is 11.8 Å². The first-order chi connectivity index (χ1) is 11.6. The van der Waals surface area contributed by atoms with Crippen LogP contribution in [-0.2, 0) is 16.1 Å². The standard InChI is InChI=1S/C18H16N2O4/c1-23-16-7-5-15(6-8-16)18(22)20-11-17(21)24-12-14-4-2-3-13(9-14)10-19/h2-9H,11-12H2,1H3,(H,20,22). The predicted molar refractivity (Wildman–Crippen MR) is 86.3 cm³/mol. The highest BCUT2D eigenvalue weighted by atomic mass is 16.5. The van der Waals surface area contributed by atoms with E-state index in [1.807, 2.05) is 6.07 Å². The number of nitrogens with zero attached hydrogens (tertiary/aromatic N) is 1. The van der Waals surface area contributed by atoms with Gasteiger partial charge in [-0.25, -0.2) is 0 Å². The molecule has 0 aromatic heterocycles. The van der Waals surface area contributed by atoms with Crippen LogP contribution in [0.4, 0.5) is 0 Å². The van der Waals surface area contributed by atoms with Gasteiger partial charge in [0.15, 0.2) is 0 Å². The van der Waals surface area contributed by atoms with Gasteiger partial charge in [0, 0.05) is 5.56 Å². The smallest absolute Gasteiger partial charge is 0.325 e. The van der Waals surface area contributed by atoms with Crippen LogP contribution in [0.15, 0.2) is 48.5 Å². The summed E-state index contributed by atoms with van der Waals surface area (Å²) in [7, 11) is 1.54. The van der Waals surface area contributed by atoms with Crippen LogP contribution in [0.1, 0.15) is 21.5 Å². The molecule has 0 fully saturated rings. The summed E-state index contributed by atoms with van der Waals surface area (Å²) in [5, 5.41) is 11.3. The Morgan fingerprint density at radius 1 is 1.17 bits per heavy atom. The maximum atomic E-state index is 11.9. The summed E-state index contributed by atoms with van der Waals surface area (Å²) in [5.41, 5.74) is 1.63. The molecule has 0 atom stereocenters. The molecule has 0 saturated carbocycles.